The Hall–Kier alpha value is -0.0900. The second-order valence-electron chi connectivity index (χ2n) is 5.12. The monoisotopic (exact) mass is 272 g/mol. The molecule has 1 fully saturated rings. The van der Waals surface area contributed by atoms with Crippen molar-refractivity contribution in [3.63, 3.8) is 0 Å². The van der Waals surface area contributed by atoms with E-state index in [-0.39, 0.29) is 0 Å². The Kier molecular flexibility index (Phi) is 4.47. The lowest BCUT2D eigenvalue weighted by Gasteiger charge is -2.36. The molecular weight excluding hydrogens is 252 g/mol. The molecule has 0 amide bonds. The highest BCUT2D eigenvalue weighted by Crippen LogP contribution is 2.33. The van der Waals surface area contributed by atoms with Crippen LogP contribution >= 0.6 is 22.9 Å². The van der Waals surface area contributed by atoms with E-state index in [1.54, 1.807) is 11.3 Å². The highest BCUT2D eigenvalue weighted by atomic mass is 35.5. The van der Waals surface area contributed by atoms with Crippen LogP contribution in [0.2, 0.25) is 5.02 Å². The molecule has 17 heavy (non-hydrogen) atoms. The van der Waals surface area contributed by atoms with Crippen molar-refractivity contribution in [3.8, 4) is 0 Å². The van der Waals surface area contributed by atoms with Gasteiger partial charge in [0.25, 0.3) is 0 Å². The lowest BCUT2D eigenvalue weighted by Crippen LogP contribution is -2.49. The molecule has 1 aromatic heterocycles. The number of halogens is 1. The van der Waals surface area contributed by atoms with Gasteiger partial charge in [-0.1, -0.05) is 24.4 Å². The number of hydrogen-bond donors (Lipinski definition) is 1. The summed E-state index contributed by atoms with van der Waals surface area (Å²) < 4.78 is 0. The van der Waals surface area contributed by atoms with Crippen LogP contribution in [0.15, 0.2) is 11.4 Å². The summed E-state index contributed by atoms with van der Waals surface area (Å²) in [6, 6.07) is 1.97. The van der Waals surface area contributed by atoms with Gasteiger partial charge in [-0.3, -0.25) is 0 Å². The van der Waals surface area contributed by atoms with E-state index in [0.29, 0.717) is 5.54 Å². The Morgan fingerprint density at radius 3 is 2.65 bits per heavy atom. The molecule has 0 aliphatic heterocycles. The van der Waals surface area contributed by atoms with Crippen molar-refractivity contribution in [3.05, 3.63) is 21.3 Å². The maximum Gasteiger partial charge on any atom is 0.0558 e. The van der Waals surface area contributed by atoms with Crippen LogP contribution in [0.1, 0.15) is 30.6 Å². The number of likely N-dealkylation sites (N-methyl/N-ethyl adjacent to an activating group) is 1. The fourth-order valence-corrected chi connectivity index (χ4v) is 3.75. The molecule has 0 saturated heterocycles. The third-order valence-electron chi connectivity index (χ3n) is 3.91. The van der Waals surface area contributed by atoms with Crippen LogP contribution in [0.4, 0.5) is 0 Å². The number of nitrogens with zero attached hydrogens (tertiary/aromatic N) is 1. The predicted molar refractivity (Wildman–Crippen MR) is 75.9 cm³/mol. The van der Waals surface area contributed by atoms with Crippen molar-refractivity contribution in [1.82, 2.24) is 10.2 Å². The van der Waals surface area contributed by atoms with E-state index in [2.05, 4.69) is 29.7 Å². The number of hydrogen-bond acceptors (Lipinski definition) is 3. The molecule has 1 saturated carbocycles. The van der Waals surface area contributed by atoms with Crippen molar-refractivity contribution >= 4 is 22.9 Å². The third kappa shape index (κ3) is 3.02. The molecule has 0 bridgehead atoms. The van der Waals surface area contributed by atoms with Gasteiger partial charge in [0.2, 0.25) is 0 Å². The first-order chi connectivity index (χ1) is 8.14. The average molecular weight is 273 g/mol. The molecule has 2 rings (SSSR count). The Morgan fingerprint density at radius 1 is 1.41 bits per heavy atom. The van der Waals surface area contributed by atoms with Gasteiger partial charge in [-0.2, -0.15) is 0 Å². The largest absolute Gasteiger partial charge is 0.310 e. The summed E-state index contributed by atoms with van der Waals surface area (Å²) in [5.41, 5.74) is 0.365. The van der Waals surface area contributed by atoms with E-state index in [9.17, 15) is 0 Å². The first kappa shape index (κ1) is 13.3. The molecule has 0 unspecified atom stereocenters. The summed E-state index contributed by atoms with van der Waals surface area (Å²) in [5, 5.41) is 6.53. The summed E-state index contributed by atoms with van der Waals surface area (Å²) >= 11 is 7.82. The van der Waals surface area contributed by atoms with E-state index in [4.69, 9.17) is 11.6 Å². The van der Waals surface area contributed by atoms with Gasteiger partial charge in [-0.15, -0.1) is 11.3 Å². The van der Waals surface area contributed by atoms with Crippen LogP contribution in [0.5, 0.6) is 0 Å². The molecule has 0 spiro atoms. The zero-order valence-electron chi connectivity index (χ0n) is 10.6. The fourth-order valence-electron chi connectivity index (χ4n) is 2.68. The van der Waals surface area contributed by atoms with E-state index in [1.165, 1.54) is 30.6 Å². The quantitative estimate of drug-likeness (QED) is 0.884. The van der Waals surface area contributed by atoms with Crippen LogP contribution in [-0.2, 0) is 6.54 Å². The van der Waals surface area contributed by atoms with E-state index < -0.39 is 0 Å². The smallest absolute Gasteiger partial charge is 0.0558 e. The van der Waals surface area contributed by atoms with Gasteiger partial charge in [0.05, 0.1) is 5.02 Å². The molecular formula is C13H21ClN2S. The van der Waals surface area contributed by atoms with Crippen molar-refractivity contribution in [2.24, 2.45) is 0 Å². The summed E-state index contributed by atoms with van der Waals surface area (Å²) in [7, 11) is 4.40. The van der Waals surface area contributed by atoms with Crippen molar-refractivity contribution < 1.29 is 0 Å². The molecule has 1 aliphatic rings. The van der Waals surface area contributed by atoms with E-state index >= 15 is 0 Å². The van der Waals surface area contributed by atoms with Crippen molar-refractivity contribution in [2.75, 3.05) is 20.6 Å². The van der Waals surface area contributed by atoms with E-state index in [1.807, 2.05) is 6.07 Å². The van der Waals surface area contributed by atoms with Crippen LogP contribution in [0.25, 0.3) is 0 Å². The summed E-state index contributed by atoms with van der Waals surface area (Å²) in [5.74, 6) is 0. The minimum atomic E-state index is 0.365. The van der Waals surface area contributed by atoms with Gasteiger partial charge in [-0.05, 0) is 38.4 Å². The zero-order valence-corrected chi connectivity index (χ0v) is 12.2. The molecule has 0 radical (unpaired) electrons. The molecule has 1 aromatic rings. The lowest BCUT2D eigenvalue weighted by atomic mass is 9.96. The molecule has 4 heteroatoms. The topological polar surface area (TPSA) is 15.3 Å². The first-order valence-electron chi connectivity index (χ1n) is 6.24. The minimum Gasteiger partial charge on any atom is -0.310 e. The van der Waals surface area contributed by atoms with Crippen LogP contribution < -0.4 is 5.32 Å². The second-order valence-corrected chi connectivity index (χ2v) is 6.53. The molecule has 1 aliphatic carbocycles. The third-order valence-corrected chi connectivity index (χ3v) is 5.30. The normalized spacial score (nSPS) is 19.1. The molecule has 0 aromatic carbocycles. The van der Waals surface area contributed by atoms with Crippen LogP contribution in [-0.4, -0.2) is 31.1 Å². The predicted octanol–water partition coefficient (Wildman–Crippen LogP) is 3.37. The van der Waals surface area contributed by atoms with E-state index in [0.717, 1.165) is 18.1 Å². The van der Waals surface area contributed by atoms with Gasteiger partial charge < -0.3 is 10.2 Å². The average Bonchev–Trinajstić information content (AvgIpc) is 2.90. The highest BCUT2D eigenvalue weighted by molar-refractivity contribution is 7.10. The Bertz CT molecular complexity index is 356. The fraction of sp³-hybridized carbons (Fsp3) is 0.692. The van der Waals surface area contributed by atoms with Gasteiger partial charge in [0.15, 0.2) is 0 Å². The Balaban J connectivity index is 1.86. The minimum absolute atomic E-state index is 0.365. The summed E-state index contributed by atoms with van der Waals surface area (Å²) in [4.78, 5) is 3.64. The molecule has 1 heterocycles. The van der Waals surface area contributed by atoms with Gasteiger partial charge in [-0.25, -0.2) is 0 Å². The number of rotatable bonds is 5. The number of nitrogens with one attached hydrogen (secondary N) is 1. The lowest BCUT2D eigenvalue weighted by molar-refractivity contribution is 0.154. The van der Waals surface area contributed by atoms with Crippen molar-refractivity contribution in [1.29, 1.82) is 0 Å². The summed E-state index contributed by atoms with van der Waals surface area (Å²) in [6.07, 6.45) is 5.34. The molecule has 1 N–H and O–H groups in total. The maximum absolute atomic E-state index is 6.09. The number of thiophene rings is 1. The SMILES string of the molecule is CN(C)C1(CNCc2sccc2Cl)CCCC1. The summed E-state index contributed by atoms with van der Waals surface area (Å²) in [6.45, 7) is 1.96. The molecule has 96 valence electrons. The van der Waals surface area contributed by atoms with Gasteiger partial charge in [0.1, 0.15) is 0 Å². The maximum atomic E-state index is 6.09. The van der Waals surface area contributed by atoms with Gasteiger partial charge >= 0.3 is 0 Å². The standard InChI is InChI=1S/C13H21ClN2S/c1-16(2)13(6-3-4-7-13)10-15-9-12-11(14)5-8-17-12/h5,8,15H,3-4,6-7,9-10H2,1-2H3. The van der Waals surface area contributed by atoms with Crippen LogP contribution in [0, 0.1) is 0 Å². The molecule has 0 atom stereocenters. The Labute approximate surface area is 113 Å². The highest BCUT2D eigenvalue weighted by Gasteiger charge is 2.35. The molecule has 2 nitrogen and oxygen atoms in total. The zero-order chi connectivity index (χ0) is 12.3. The first-order valence-corrected chi connectivity index (χ1v) is 7.50. The second kappa shape index (κ2) is 5.70. The van der Waals surface area contributed by atoms with Gasteiger partial charge in [0, 0.05) is 23.5 Å². The Morgan fingerprint density at radius 2 is 2.12 bits per heavy atom. The van der Waals surface area contributed by atoms with Crippen LogP contribution in [0.3, 0.4) is 0 Å². The van der Waals surface area contributed by atoms with Crippen molar-refractivity contribution in [2.45, 2.75) is 37.8 Å².